The molecule has 0 unspecified atom stereocenters. The third-order valence-corrected chi connectivity index (χ3v) is 5.53. The van der Waals surface area contributed by atoms with Crippen LogP contribution >= 0.6 is 0 Å². The van der Waals surface area contributed by atoms with E-state index in [-0.39, 0.29) is 5.91 Å². The van der Waals surface area contributed by atoms with Crippen LogP contribution in [0.3, 0.4) is 0 Å². The number of benzene rings is 1. The number of unbranched alkanes of at least 4 members (excludes halogenated alkanes) is 11. The molecule has 0 spiro atoms. The molecule has 0 fully saturated rings. The Kier molecular flexibility index (Phi) is 12.6. The number of carbonyl (C=O) groups is 1. The monoisotopic (exact) mass is 408 g/mol. The Labute approximate surface area is 183 Å². The van der Waals surface area contributed by atoms with Gasteiger partial charge in [-0.15, -0.1) is 0 Å². The number of carbonyl (C=O) groups excluding carboxylic acids is 1. The fraction of sp³-hybridized carbons (Fsp3) is 0.556. The number of amides is 1. The molecule has 0 aliphatic heterocycles. The smallest absolute Gasteiger partial charge is 0.225 e. The van der Waals surface area contributed by atoms with Gasteiger partial charge in [0.1, 0.15) is 5.82 Å². The summed E-state index contributed by atoms with van der Waals surface area (Å²) in [6, 6.07) is 11.8. The Morgan fingerprint density at radius 1 is 0.800 bits per heavy atom. The van der Waals surface area contributed by atoms with Gasteiger partial charge in [0.15, 0.2) is 0 Å². The number of para-hydroxylation sites is 1. The first-order chi connectivity index (χ1) is 14.8. The van der Waals surface area contributed by atoms with E-state index in [0.717, 1.165) is 23.7 Å². The molecule has 0 saturated carbocycles. The van der Waals surface area contributed by atoms with Crippen molar-refractivity contribution in [2.24, 2.45) is 0 Å². The van der Waals surface area contributed by atoms with Crippen LogP contribution in [0.5, 0.6) is 0 Å². The molecule has 1 N–H and O–H groups in total. The summed E-state index contributed by atoms with van der Waals surface area (Å²) in [6.45, 7) is 2.27. The Morgan fingerprint density at radius 3 is 2.17 bits per heavy atom. The summed E-state index contributed by atoms with van der Waals surface area (Å²) < 4.78 is 0. The van der Waals surface area contributed by atoms with Crippen molar-refractivity contribution in [1.82, 2.24) is 4.98 Å². The number of allylic oxidation sites excluding steroid dienone is 2. The van der Waals surface area contributed by atoms with Gasteiger partial charge in [-0.3, -0.25) is 4.79 Å². The van der Waals surface area contributed by atoms with E-state index in [4.69, 9.17) is 0 Å². The van der Waals surface area contributed by atoms with Gasteiger partial charge in [-0.05, 0) is 50.3 Å². The third kappa shape index (κ3) is 10.6. The maximum Gasteiger partial charge on any atom is 0.225 e. The molecule has 1 amide bonds. The summed E-state index contributed by atoms with van der Waals surface area (Å²) >= 11 is 0. The van der Waals surface area contributed by atoms with Crippen molar-refractivity contribution in [3.63, 3.8) is 0 Å². The molecule has 1 aromatic heterocycles. The SMILES string of the molecule is CCCCCCCC/C=C\CCCCCCCC(=O)Nc1ccc2ccccc2n1. The van der Waals surface area contributed by atoms with Crippen LogP contribution in [-0.2, 0) is 4.79 Å². The fourth-order valence-corrected chi connectivity index (χ4v) is 3.70. The van der Waals surface area contributed by atoms with Gasteiger partial charge in [0.05, 0.1) is 5.52 Å². The second-order valence-corrected chi connectivity index (χ2v) is 8.27. The third-order valence-electron chi connectivity index (χ3n) is 5.53. The second kappa shape index (κ2) is 15.6. The number of hydrogen-bond acceptors (Lipinski definition) is 2. The number of rotatable bonds is 16. The van der Waals surface area contributed by atoms with Gasteiger partial charge in [-0.1, -0.05) is 88.6 Å². The standard InChI is InChI=1S/C27H40N2O/c1-2-3-4-5-6-7-8-9-10-11-12-13-14-15-16-21-27(30)29-26-23-22-24-19-17-18-20-25(24)28-26/h9-10,17-20,22-23H,2-8,11-16,21H2,1H3,(H,28,29,30)/b10-9-. The lowest BCUT2D eigenvalue weighted by atomic mass is 10.1. The van der Waals surface area contributed by atoms with Crippen LogP contribution in [0, 0.1) is 0 Å². The molecule has 0 saturated heterocycles. The predicted molar refractivity (Wildman–Crippen MR) is 130 cm³/mol. The first-order valence-corrected chi connectivity index (χ1v) is 12.1. The number of nitrogens with zero attached hydrogens (tertiary/aromatic N) is 1. The van der Waals surface area contributed by atoms with Gasteiger partial charge in [-0.25, -0.2) is 4.98 Å². The van der Waals surface area contributed by atoms with E-state index >= 15 is 0 Å². The molecule has 30 heavy (non-hydrogen) atoms. The van der Waals surface area contributed by atoms with Crippen molar-refractivity contribution in [1.29, 1.82) is 0 Å². The molecule has 0 aliphatic rings. The van der Waals surface area contributed by atoms with Crippen molar-refractivity contribution in [2.75, 3.05) is 5.32 Å². The molecule has 1 heterocycles. The average molecular weight is 409 g/mol. The summed E-state index contributed by atoms with van der Waals surface area (Å²) in [7, 11) is 0. The number of pyridine rings is 1. The summed E-state index contributed by atoms with van der Waals surface area (Å²) in [6.07, 6.45) is 21.8. The van der Waals surface area contributed by atoms with E-state index in [0.29, 0.717) is 12.2 Å². The summed E-state index contributed by atoms with van der Waals surface area (Å²) in [5.74, 6) is 0.710. The highest BCUT2D eigenvalue weighted by Gasteiger charge is 2.04. The van der Waals surface area contributed by atoms with Gasteiger partial charge in [-0.2, -0.15) is 0 Å². The van der Waals surface area contributed by atoms with Crippen LogP contribution in [-0.4, -0.2) is 10.9 Å². The fourth-order valence-electron chi connectivity index (χ4n) is 3.70. The highest BCUT2D eigenvalue weighted by atomic mass is 16.1. The summed E-state index contributed by atoms with van der Waals surface area (Å²) in [5, 5.41) is 4.01. The zero-order valence-corrected chi connectivity index (χ0v) is 18.9. The van der Waals surface area contributed by atoms with Crippen LogP contribution in [0.2, 0.25) is 0 Å². The average Bonchev–Trinajstić information content (AvgIpc) is 2.76. The maximum absolute atomic E-state index is 12.1. The van der Waals surface area contributed by atoms with E-state index in [2.05, 4.69) is 29.4 Å². The van der Waals surface area contributed by atoms with E-state index in [1.165, 1.54) is 70.6 Å². The first kappa shape index (κ1) is 24.1. The summed E-state index contributed by atoms with van der Waals surface area (Å²) in [5.41, 5.74) is 0.913. The van der Waals surface area contributed by atoms with Crippen molar-refractivity contribution in [3.8, 4) is 0 Å². The number of hydrogen-bond donors (Lipinski definition) is 1. The molecule has 0 atom stereocenters. The lowest BCUT2D eigenvalue weighted by molar-refractivity contribution is -0.116. The van der Waals surface area contributed by atoms with Gasteiger partial charge in [0.2, 0.25) is 5.91 Å². The van der Waals surface area contributed by atoms with E-state index in [1.807, 2.05) is 36.4 Å². The maximum atomic E-state index is 12.1. The second-order valence-electron chi connectivity index (χ2n) is 8.27. The molecule has 2 rings (SSSR count). The Balaban J connectivity index is 1.43. The highest BCUT2D eigenvalue weighted by Crippen LogP contribution is 2.15. The zero-order chi connectivity index (χ0) is 21.3. The summed E-state index contributed by atoms with van der Waals surface area (Å²) in [4.78, 5) is 16.6. The number of nitrogens with one attached hydrogen (secondary N) is 1. The quantitative estimate of drug-likeness (QED) is 0.224. The largest absolute Gasteiger partial charge is 0.311 e. The first-order valence-electron chi connectivity index (χ1n) is 12.1. The lowest BCUT2D eigenvalue weighted by Crippen LogP contribution is -2.12. The number of fused-ring (bicyclic) bond motifs is 1. The van der Waals surface area contributed by atoms with E-state index < -0.39 is 0 Å². The van der Waals surface area contributed by atoms with Crippen LogP contribution in [0.1, 0.15) is 96.8 Å². The minimum Gasteiger partial charge on any atom is -0.311 e. The van der Waals surface area contributed by atoms with Gasteiger partial charge < -0.3 is 5.32 Å². The molecule has 0 aliphatic carbocycles. The predicted octanol–water partition coefficient (Wildman–Crippen LogP) is 8.21. The molecule has 2 aromatic rings. The van der Waals surface area contributed by atoms with Crippen LogP contribution < -0.4 is 5.32 Å². The lowest BCUT2D eigenvalue weighted by Gasteiger charge is -2.06. The van der Waals surface area contributed by atoms with Gasteiger partial charge >= 0.3 is 0 Å². The molecular weight excluding hydrogens is 368 g/mol. The van der Waals surface area contributed by atoms with Crippen LogP contribution in [0.25, 0.3) is 10.9 Å². The Bertz CT molecular complexity index is 753. The molecule has 3 nitrogen and oxygen atoms in total. The van der Waals surface area contributed by atoms with Gasteiger partial charge in [0.25, 0.3) is 0 Å². The van der Waals surface area contributed by atoms with E-state index in [9.17, 15) is 4.79 Å². The molecule has 1 aromatic carbocycles. The van der Waals surface area contributed by atoms with Gasteiger partial charge in [0, 0.05) is 11.8 Å². The number of aromatic nitrogens is 1. The van der Waals surface area contributed by atoms with Crippen molar-refractivity contribution >= 4 is 22.6 Å². The minimum absolute atomic E-state index is 0.0652. The van der Waals surface area contributed by atoms with E-state index in [1.54, 1.807) is 0 Å². The molecule has 3 heteroatoms. The zero-order valence-electron chi connectivity index (χ0n) is 18.9. The van der Waals surface area contributed by atoms with Crippen molar-refractivity contribution < 1.29 is 4.79 Å². The van der Waals surface area contributed by atoms with Crippen molar-refractivity contribution in [2.45, 2.75) is 96.8 Å². The molecule has 164 valence electrons. The molecular formula is C27H40N2O. The number of anilines is 1. The Hall–Kier alpha value is -2.16. The molecule has 0 bridgehead atoms. The Morgan fingerprint density at radius 2 is 1.43 bits per heavy atom. The highest BCUT2D eigenvalue weighted by molar-refractivity contribution is 5.91. The van der Waals surface area contributed by atoms with Crippen LogP contribution in [0.15, 0.2) is 48.6 Å². The topological polar surface area (TPSA) is 42.0 Å². The van der Waals surface area contributed by atoms with Crippen molar-refractivity contribution in [3.05, 3.63) is 48.6 Å². The van der Waals surface area contributed by atoms with Crippen LogP contribution in [0.4, 0.5) is 5.82 Å². The normalized spacial score (nSPS) is 11.4. The molecule has 0 radical (unpaired) electrons. The minimum atomic E-state index is 0.0652.